The molecule has 2 aromatic carbocycles. The number of methoxy groups -OCH3 is 2. The van der Waals surface area contributed by atoms with Gasteiger partial charge in [0.05, 0.1) is 14.2 Å². The quantitative estimate of drug-likeness (QED) is 0.738. The smallest absolute Gasteiger partial charge is 0.214 e. The van der Waals surface area contributed by atoms with Gasteiger partial charge in [0, 0.05) is 11.1 Å². The van der Waals surface area contributed by atoms with Gasteiger partial charge < -0.3 is 9.47 Å². The Morgan fingerprint density at radius 2 is 1.78 bits per heavy atom. The van der Waals surface area contributed by atoms with Gasteiger partial charge in [-0.1, -0.05) is 24.3 Å². The summed E-state index contributed by atoms with van der Waals surface area (Å²) in [7, 11) is 3.26. The topological polar surface area (TPSA) is 60.0 Å². The molecule has 1 heterocycles. The van der Waals surface area contributed by atoms with E-state index in [-0.39, 0.29) is 0 Å². The highest BCUT2D eigenvalue weighted by Crippen LogP contribution is 2.34. The van der Waals surface area contributed by atoms with E-state index in [1.165, 1.54) is 0 Å². The molecule has 0 unspecified atom stereocenters. The molecular formula is C17H15N3O2S. The van der Waals surface area contributed by atoms with E-state index in [0.29, 0.717) is 16.2 Å². The standard InChI is InChI=1S/C17H15N3O2S/c1-21-12-7-5-6-11(10-12)15-16(19-20-17(23)18-15)13-8-3-4-9-14(13)22-2/h3-10H,1-2H3,(H,18,20,23). The number of H-pyrrole nitrogens is 1. The third-order valence-corrected chi connectivity index (χ3v) is 3.59. The Morgan fingerprint density at radius 1 is 0.957 bits per heavy atom. The molecule has 23 heavy (non-hydrogen) atoms. The molecule has 3 aromatic rings. The van der Waals surface area contributed by atoms with Crippen LogP contribution in [0.4, 0.5) is 0 Å². The van der Waals surface area contributed by atoms with Crippen LogP contribution in [0.2, 0.25) is 0 Å². The van der Waals surface area contributed by atoms with E-state index in [4.69, 9.17) is 21.7 Å². The molecule has 0 aliphatic rings. The van der Waals surface area contributed by atoms with Crippen molar-refractivity contribution in [1.29, 1.82) is 0 Å². The van der Waals surface area contributed by atoms with Crippen LogP contribution in [0.25, 0.3) is 22.5 Å². The lowest BCUT2D eigenvalue weighted by atomic mass is 10.0. The first kappa shape index (κ1) is 15.2. The molecule has 0 fully saturated rings. The molecule has 0 bridgehead atoms. The number of para-hydroxylation sites is 1. The molecular weight excluding hydrogens is 310 g/mol. The molecule has 0 amide bonds. The summed E-state index contributed by atoms with van der Waals surface area (Å²) < 4.78 is 11.0. The second-order valence-corrected chi connectivity index (χ2v) is 5.16. The molecule has 0 saturated heterocycles. The highest BCUT2D eigenvalue weighted by Gasteiger charge is 2.15. The first-order valence-corrected chi connectivity index (χ1v) is 7.38. The number of ether oxygens (including phenoxy) is 2. The minimum atomic E-state index is 0.321. The summed E-state index contributed by atoms with van der Waals surface area (Å²) in [5, 5.41) is 7.13. The lowest BCUT2D eigenvalue weighted by Crippen LogP contribution is -1.99. The van der Waals surface area contributed by atoms with E-state index in [9.17, 15) is 0 Å². The van der Waals surface area contributed by atoms with E-state index < -0.39 is 0 Å². The minimum Gasteiger partial charge on any atom is -0.497 e. The van der Waals surface area contributed by atoms with Crippen LogP contribution in [0, 0.1) is 4.77 Å². The van der Waals surface area contributed by atoms with Gasteiger partial charge in [0.25, 0.3) is 0 Å². The van der Waals surface area contributed by atoms with E-state index >= 15 is 0 Å². The van der Waals surface area contributed by atoms with Gasteiger partial charge in [-0.3, -0.25) is 5.10 Å². The number of aromatic amines is 1. The fraction of sp³-hybridized carbons (Fsp3) is 0.118. The zero-order valence-corrected chi connectivity index (χ0v) is 13.6. The molecule has 3 rings (SSSR count). The van der Waals surface area contributed by atoms with Gasteiger partial charge in [0.2, 0.25) is 4.77 Å². The average molecular weight is 325 g/mol. The molecule has 0 saturated carbocycles. The maximum atomic E-state index is 5.43. The molecule has 0 aliphatic carbocycles. The fourth-order valence-corrected chi connectivity index (χ4v) is 2.47. The van der Waals surface area contributed by atoms with Crippen molar-refractivity contribution in [3.8, 4) is 34.0 Å². The van der Waals surface area contributed by atoms with Crippen LogP contribution in [0.5, 0.6) is 11.5 Å². The summed E-state index contributed by atoms with van der Waals surface area (Å²) in [4.78, 5) is 4.46. The number of aromatic nitrogens is 3. The molecule has 6 heteroatoms. The van der Waals surface area contributed by atoms with Gasteiger partial charge in [-0.05, 0) is 36.5 Å². The first-order chi connectivity index (χ1) is 11.2. The molecule has 0 aliphatic heterocycles. The van der Waals surface area contributed by atoms with Crippen molar-refractivity contribution in [1.82, 2.24) is 15.2 Å². The number of rotatable bonds is 4. The normalized spacial score (nSPS) is 10.3. The van der Waals surface area contributed by atoms with Crippen LogP contribution in [-0.4, -0.2) is 29.4 Å². The van der Waals surface area contributed by atoms with Gasteiger partial charge in [-0.25, -0.2) is 4.98 Å². The van der Waals surface area contributed by atoms with Crippen LogP contribution in [0.15, 0.2) is 48.5 Å². The van der Waals surface area contributed by atoms with E-state index in [2.05, 4.69) is 15.2 Å². The number of benzene rings is 2. The maximum absolute atomic E-state index is 5.43. The summed E-state index contributed by atoms with van der Waals surface area (Å²) in [6, 6.07) is 15.3. The molecule has 1 aromatic heterocycles. The Kier molecular flexibility index (Phi) is 4.34. The van der Waals surface area contributed by atoms with Crippen molar-refractivity contribution in [3.63, 3.8) is 0 Å². The number of nitrogens with zero attached hydrogens (tertiary/aromatic N) is 2. The Hall–Kier alpha value is -2.73. The summed E-state index contributed by atoms with van der Waals surface area (Å²) in [6.07, 6.45) is 0. The fourth-order valence-electron chi connectivity index (χ4n) is 2.34. The van der Waals surface area contributed by atoms with Crippen molar-refractivity contribution in [2.24, 2.45) is 0 Å². The van der Waals surface area contributed by atoms with E-state index in [0.717, 1.165) is 22.6 Å². The van der Waals surface area contributed by atoms with Crippen molar-refractivity contribution in [2.45, 2.75) is 0 Å². The molecule has 0 radical (unpaired) electrons. The number of hydrogen-bond donors (Lipinski definition) is 1. The summed E-state index contributed by atoms with van der Waals surface area (Å²) >= 11 is 5.14. The lowest BCUT2D eigenvalue weighted by Gasteiger charge is -2.11. The SMILES string of the molecule is COc1cccc(-c2nc(=S)[nH]nc2-c2ccccc2OC)c1. The van der Waals surface area contributed by atoms with Crippen molar-refractivity contribution in [3.05, 3.63) is 53.3 Å². The van der Waals surface area contributed by atoms with Gasteiger partial charge >= 0.3 is 0 Å². The Bertz CT molecular complexity index is 893. The predicted octanol–water partition coefficient (Wildman–Crippen LogP) is 3.89. The summed E-state index contributed by atoms with van der Waals surface area (Å²) in [5.41, 5.74) is 3.06. The van der Waals surface area contributed by atoms with Crippen LogP contribution in [0.3, 0.4) is 0 Å². The van der Waals surface area contributed by atoms with Gasteiger partial charge in [-0.2, -0.15) is 5.10 Å². The zero-order valence-electron chi connectivity index (χ0n) is 12.7. The molecule has 1 N–H and O–H groups in total. The molecule has 116 valence electrons. The van der Waals surface area contributed by atoms with E-state index in [1.54, 1.807) is 14.2 Å². The molecule has 0 atom stereocenters. The van der Waals surface area contributed by atoms with Crippen molar-refractivity contribution >= 4 is 12.2 Å². The van der Waals surface area contributed by atoms with Gasteiger partial charge in [0.15, 0.2) is 0 Å². The average Bonchev–Trinajstić information content (AvgIpc) is 2.61. The van der Waals surface area contributed by atoms with Gasteiger partial charge in [0.1, 0.15) is 22.9 Å². The number of hydrogen-bond acceptors (Lipinski definition) is 5. The third kappa shape index (κ3) is 3.07. The highest BCUT2D eigenvalue weighted by atomic mass is 32.1. The largest absolute Gasteiger partial charge is 0.497 e. The Morgan fingerprint density at radius 3 is 2.57 bits per heavy atom. The van der Waals surface area contributed by atoms with Crippen molar-refractivity contribution in [2.75, 3.05) is 14.2 Å². The predicted molar refractivity (Wildman–Crippen MR) is 91.2 cm³/mol. The van der Waals surface area contributed by atoms with E-state index in [1.807, 2.05) is 48.5 Å². The van der Waals surface area contributed by atoms with Crippen LogP contribution in [-0.2, 0) is 0 Å². The highest BCUT2D eigenvalue weighted by molar-refractivity contribution is 7.71. The zero-order chi connectivity index (χ0) is 16.2. The first-order valence-electron chi connectivity index (χ1n) is 6.97. The second-order valence-electron chi connectivity index (χ2n) is 4.77. The molecule has 0 spiro atoms. The van der Waals surface area contributed by atoms with Crippen LogP contribution >= 0.6 is 12.2 Å². The van der Waals surface area contributed by atoms with Gasteiger partial charge in [-0.15, -0.1) is 0 Å². The minimum absolute atomic E-state index is 0.321. The lowest BCUT2D eigenvalue weighted by molar-refractivity contribution is 0.415. The third-order valence-electron chi connectivity index (χ3n) is 3.41. The van der Waals surface area contributed by atoms with Crippen LogP contribution in [0.1, 0.15) is 0 Å². The van der Waals surface area contributed by atoms with Crippen molar-refractivity contribution < 1.29 is 9.47 Å². The Labute approximate surface area is 138 Å². The Balaban J connectivity index is 2.25. The monoisotopic (exact) mass is 325 g/mol. The van der Waals surface area contributed by atoms with Crippen LogP contribution < -0.4 is 9.47 Å². The number of nitrogens with one attached hydrogen (secondary N) is 1. The maximum Gasteiger partial charge on any atom is 0.214 e. The summed E-state index contributed by atoms with van der Waals surface area (Å²) in [5.74, 6) is 1.46. The summed E-state index contributed by atoms with van der Waals surface area (Å²) in [6.45, 7) is 0. The second kappa shape index (κ2) is 6.58. The molecule has 5 nitrogen and oxygen atoms in total.